The van der Waals surface area contributed by atoms with E-state index in [1.807, 2.05) is 31.2 Å². The molecular formula is C30H22ClN3O5S2. The zero-order valence-electron chi connectivity index (χ0n) is 21.5. The minimum absolute atomic E-state index is 0.141. The van der Waals surface area contributed by atoms with Crippen LogP contribution in [0.15, 0.2) is 107 Å². The summed E-state index contributed by atoms with van der Waals surface area (Å²) in [5.74, 6) is -0.762. The third kappa shape index (κ3) is 6.63. The van der Waals surface area contributed by atoms with Gasteiger partial charge in [0.05, 0.1) is 16.1 Å². The Morgan fingerprint density at radius 2 is 1.66 bits per heavy atom. The van der Waals surface area contributed by atoms with E-state index in [4.69, 9.17) is 16.3 Å². The van der Waals surface area contributed by atoms with Crippen molar-refractivity contribution in [2.75, 3.05) is 4.72 Å². The van der Waals surface area contributed by atoms with Gasteiger partial charge >= 0.3 is 5.97 Å². The van der Waals surface area contributed by atoms with Crippen molar-refractivity contribution >= 4 is 66.8 Å². The Labute approximate surface area is 245 Å². The fourth-order valence-corrected chi connectivity index (χ4v) is 6.25. The van der Waals surface area contributed by atoms with E-state index in [1.165, 1.54) is 53.9 Å². The van der Waals surface area contributed by atoms with Gasteiger partial charge in [0.1, 0.15) is 10.6 Å². The molecule has 4 aromatic carbocycles. The van der Waals surface area contributed by atoms with Crippen LogP contribution in [0.25, 0.3) is 10.1 Å². The number of carbonyl (C=O) groups excluding carboxylic acids is 2. The molecular weight excluding hydrogens is 582 g/mol. The van der Waals surface area contributed by atoms with Gasteiger partial charge in [-0.1, -0.05) is 59.6 Å². The highest BCUT2D eigenvalue weighted by atomic mass is 35.5. The number of ether oxygens (including phenoxy) is 1. The molecule has 11 heteroatoms. The molecule has 0 aliphatic carbocycles. The maximum absolute atomic E-state index is 12.7. The van der Waals surface area contributed by atoms with Gasteiger partial charge in [-0.25, -0.2) is 18.6 Å². The molecule has 0 unspecified atom stereocenters. The van der Waals surface area contributed by atoms with Crippen LogP contribution in [0.1, 0.15) is 31.2 Å². The van der Waals surface area contributed by atoms with Crippen molar-refractivity contribution in [1.82, 2.24) is 5.43 Å². The van der Waals surface area contributed by atoms with Crippen molar-refractivity contribution < 1.29 is 22.7 Å². The third-order valence-electron chi connectivity index (χ3n) is 5.90. The Balaban J connectivity index is 1.18. The van der Waals surface area contributed by atoms with Gasteiger partial charge in [0.15, 0.2) is 0 Å². The smallest absolute Gasteiger partial charge is 0.355 e. The lowest BCUT2D eigenvalue weighted by atomic mass is 10.2. The molecule has 5 aromatic rings. The fourth-order valence-electron chi connectivity index (χ4n) is 3.81. The number of halogens is 1. The first-order valence-corrected chi connectivity index (χ1v) is 14.9. The van der Waals surface area contributed by atoms with Crippen molar-refractivity contribution in [2.24, 2.45) is 5.10 Å². The second kappa shape index (κ2) is 11.9. The van der Waals surface area contributed by atoms with E-state index < -0.39 is 21.9 Å². The molecule has 0 atom stereocenters. The monoisotopic (exact) mass is 603 g/mol. The van der Waals surface area contributed by atoms with Crippen LogP contribution in [-0.2, 0) is 10.0 Å². The lowest BCUT2D eigenvalue weighted by Crippen LogP contribution is -2.18. The minimum atomic E-state index is -3.75. The number of rotatable bonds is 8. The van der Waals surface area contributed by atoms with Gasteiger partial charge in [0, 0.05) is 21.3 Å². The number of esters is 1. The quantitative estimate of drug-likeness (QED) is 0.0892. The van der Waals surface area contributed by atoms with E-state index in [9.17, 15) is 18.0 Å². The maximum Gasteiger partial charge on any atom is 0.355 e. The Kier molecular flexibility index (Phi) is 8.16. The van der Waals surface area contributed by atoms with Crippen molar-refractivity contribution in [3.05, 3.63) is 124 Å². The van der Waals surface area contributed by atoms with Gasteiger partial charge < -0.3 is 4.74 Å². The summed E-state index contributed by atoms with van der Waals surface area (Å²) < 4.78 is 34.0. The molecule has 0 saturated heterocycles. The van der Waals surface area contributed by atoms with Crippen LogP contribution in [0.2, 0.25) is 5.02 Å². The maximum atomic E-state index is 12.7. The number of benzene rings is 4. The molecule has 0 spiro atoms. The second-order valence-corrected chi connectivity index (χ2v) is 12.0. The van der Waals surface area contributed by atoms with Crippen LogP contribution in [0.3, 0.4) is 0 Å². The molecule has 0 aliphatic rings. The molecule has 1 amide bonds. The molecule has 8 nitrogen and oxygen atoms in total. The summed E-state index contributed by atoms with van der Waals surface area (Å²) in [5.41, 5.74) is 4.55. The zero-order chi connectivity index (χ0) is 29.0. The lowest BCUT2D eigenvalue weighted by molar-refractivity contribution is 0.0739. The average Bonchev–Trinajstić information content (AvgIpc) is 3.30. The van der Waals surface area contributed by atoms with E-state index in [0.717, 1.165) is 15.6 Å². The number of hydrogen-bond acceptors (Lipinski definition) is 7. The molecule has 0 saturated carbocycles. The number of amides is 1. The van der Waals surface area contributed by atoms with Crippen LogP contribution in [-0.4, -0.2) is 26.5 Å². The van der Waals surface area contributed by atoms with E-state index in [0.29, 0.717) is 26.9 Å². The SMILES string of the molecule is Cc1ccc(S(=O)(=O)Nc2ccc(C(=O)N/N=C\c3cccc(OC(=O)c4sc5ccccc5c4Cl)c3)cc2)cc1. The zero-order valence-corrected chi connectivity index (χ0v) is 23.9. The number of anilines is 1. The summed E-state index contributed by atoms with van der Waals surface area (Å²) >= 11 is 7.64. The molecule has 0 bridgehead atoms. The number of carbonyl (C=O) groups is 2. The predicted molar refractivity (Wildman–Crippen MR) is 162 cm³/mol. The Morgan fingerprint density at radius 1 is 0.927 bits per heavy atom. The normalized spacial score (nSPS) is 11.5. The minimum Gasteiger partial charge on any atom is -0.422 e. The molecule has 2 N–H and O–H groups in total. The van der Waals surface area contributed by atoms with Crippen molar-refractivity contribution in [3.8, 4) is 5.75 Å². The first-order valence-electron chi connectivity index (χ1n) is 12.2. The van der Waals surface area contributed by atoms with Gasteiger partial charge in [-0.2, -0.15) is 5.10 Å². The summed E-state index contributed by atoms with van der Waals surface area (Å²) in [6, 6.07) is 26.5. The highest BCUT2D eigenvalue weighted by Crippen LogP contribution is 2.35. The van der Waals surface area contributed by atoms with Crippen LogP contribution in [0.5, 0.6) is 5.75 Å². The first-order chi connectivity index (χ1) is 19.7. The number of nitrogens with zero attached hydrogens (tertiary/aromatic N) is 1. The van der Waals surface area contributed by atoms with Crippen molar-refractivity contribution in [1.29, 1.82) is 0 Å². The van der Waals surface area contributed by atoms with Crippen LogP contribution < -0.4 is 14.9 Å². The molecule has 5 rings (SSSR count). The number of hydrogen-bond donors (Lipinski definition) is 2. The Bertz CT molecular complexity index is 1880. The fraction of sp³-hybridized carbons (Fsp3) is 0.0333. The molecule has 0 radical (unpaired) electrons. The Hall–Kier alpha value is -4.51. The van der Waals surface area contributed by atoms with Crippen LogP contribution in [0.4, 0.5) is 5.69 Å². The number of sulfonamides is 1. The summed E-state index contributed by atoms with van der Waals surface area (Å²) in [6.45, 7) is 1.87. The number of hydrazone groups is 1. The molecule has 1 aromatic heterocycles. The first kappa shape index (κ1) is 28.0. The van der Waals surface area contributed by atoms with Crippen LogP contribution >= 0.6 is 22.9 Å². The van der Waals surface area contributed by atoms with E-state index in [-0.39, 0.29) is 10.5 Å². The number of nitrogens with one attached hydrogen (secondary N) is 2. The van der Waals surface area contributed by atoms with Gasteiger partial charge in [0.2, 0.25) is 0 Å². The van der Waals surface area contributed by atoms with Gasteiger partial charge in [-0.15, -0.1) is 11.3 Å². The summed E-state index contributed by atoms with van der Waals surface area (Å²) in [6.07, 6.45) is 1.41. The van der Waals surface area contributed by atoms with Gasteiger partial charge in [0.25, 0.3) is 15.9 Å². The predicted octanol–water partition coefficient (Wildman–Crippen LogP) is 6.65. The van der Waals surface area contributed by atoms with Crippen molar-refractivity contribution in [2.45, 2.75) is 11.8 Å². The Morgan fingerprint density at radius 3 is 2.39 bits per heavy atom. The average molecular weight is 604 g/mol. The lowest BCUT2D eigenvalue weighted by Gasteiger charge is -2.09. The highest BCUT2D eigenvalue weighted by molar-refractivity contribution is 7.92. The van der Waals surface area contributed by atoms with Crippen LogP contribution in [0, 0.1) is 6.92 Å². The van der Waals surface area contributed by atoms with Gasteiger partial charge in [-0.05, 0) is 67.1 Å². The molecule has 0 aliphatic heterocycles. The number of fused-ring (bicyclic) bond motifs is 1. The van der Waals surface area contributed by atoms with E-state index in [2.05, 4.69) is 15.2 Å². The molecule has 1 heterocycles. The second-order valence-electron chi connectivity index (χ2n) is 8.90. The van der Waals surface area contributed by atoms with E-state index in [1.54, 1.807) is 36.4 Å². The van der Waals surface area contributed by atoms with Crippen molar-refractivity contribution in [3.63, 3.8) is 0 Å². The molecule has 41 heavy (non-hydrogen) atoms. The summed E-state index contributed by atoms with van der Waals surface area (Å²) in [5, 5.41) is 5.12. The van der Waals surface area contributed by atoms with E-state index >= 15 is 0 Å². The molecule has 206 valence electrons. The largest absolute Gasteiger partial charge is 0.422 e. The highest BCUT2D eigenvalue weighted by Gasteiger charge is 2.19. The summed E-state index contributed by atoms with van der Waals surface area (Å²) in [4.78, 5) is 25.7. The molecule has 0 fully saturated rings. The number of thiophene rings is 1. The number of aryl methyl sites for hydroxylation is 1. The van der Waals surface area contributed by atoms with Gasteiger partial charge in [-0.3, -0.25) is 9.52 Å². The summed E-state index contributed by atoms with van der Waals surface area (Å²) in [7, 11) is -3.75. The topological polar surface area (TPSA) is 114 Å². The standard InChI is InChI=1S/C30H22ClN3O5S2/c1-19-9-15-24(16-10-19)41(37,38)34-22-13-11-21(12-14-22)29(35)33-32-18-20-5-4-6-23(17-20)39-30(36)28-27(31)25-7-2-3-8-26(25)40-28/h2-18,34H,1H3,(H,33,35)/b32-18-. The third-order valence-corrected chi connectivity index (χ3v) is 8.95.